The lowest BCUT2D eigenvalue weighted by atomic mass is 10.1. The zero-order valence-corrected chi connectivity index (χ0v) is 9.82. The van der Waals surface area contributed by atoms with E-state index in [0.717, 1.165) is 0 Å². The van der Waals surface area contributed by atoms with E-state index in [0.29, 0.717) is 0 Å². The first kappa shape index (κ1) is 12.0. The standard InChI is InChI=1S/C14H21N/c1-15(2)13-9-4-3-6-10-14-11-7-5-8-12-14/h5-8,10-12H,3-4,9,13H2,1-2H3/b10-6-. The van der Waals surface area contributed by atoms with Crippen molar-refractivity contribution in [1.29, 1.82) is 0 Å². The summed E-state index contributed by atoms with van der Waals surface area (Å²) < 4.78 is 0. The maximum absolute atomic E-state index is 2.27. The summed E-state index contributed by atoms with van der Waals surface area (Å²) in [4.78, 5) is 2.24. The molecule has 0 fully saturated rings. The maximum atomic E-state index is 2.27. The fourth-order valence-corrected chi connectivity index (χ4v) is 1.47. The van der Waals surface area contributed by atoms with Gasteiger partial charge in [0, 0.05) is 0 Å². The molecule has 0 radical (unpaired) electrons. The van der Waals surface area contributed by atoms with E-state index in [-0.39, 0.29) is 0 Å². The Kier molecular flexibility index (Phi) is 5.79. The Bertz CT molecular complexity index is 275. The third-order valence-corrected chi connectivity index (χ3v) is 2.34. The van der Waals surface area contributed by atoms with Gasteiger partial charge in [0.2, 0.25) is 0 Å². The van der Waals surface area contributed by atoms with E-state index in [2.05, 4.69) is 61.5 Å². The molecule has 0 aliphatic rings. The molecule has 0 saturated heterocycles. The van der Waals surface area contributed by atoms with E-state index in [1.54, 1.807) is 0 Å². The van der Waals surface area contributed by atoms with E-state index in [1.165, 1.54) is 31.4 Å². The SMILES string of the molecule is CN(C)CCCC/C=C\c1ccccc1. The summed E-state index contributed by atoms with van der Waals surface area (Å²) in [6.45, 7) is 1.19. The normalized spacial score (nSPS) is 11.4. The van der Waals surface area contributed by atoms with Crippen LogP contribution in [-0.4, -0.2) is 25.5 Å². The average Bonchev–Trinajstić information content (AvgIpc) is 2.24. The van der Waals surface area contributed by atoms with Crippen LogP contribution < -0.4 is 0 Å². The lowest BCUT2D eigenvalue weighted by Crippen LogP contribution is -2.12. The molecule has 0 amide bonds. The minimum atomic E-state index is 1.18. The molecule has 1 aromatic rings. The van der Waals surface area contributed by atoms with Crippen molar-refractivity contribution in [3.05, 3.63) is 42.0 Å². The second-order valence-corrected chi connectivity index (χ2v) is 4.11. The van der Waals surface area contributed by atoms with Crippen molar-refractivity contribution in [1.82, 2.24) is 4.90 Å². The molecule has 0 N–H and O–H groups in total. The Balaban J connectivity index is 2.12. The number of unbranched alkanes of at least 4 members (excludes halogenated alkanes) is 2. The molecule has 1 aromatic carbocycles. The minimum Gasteiger partial charge on any atom is -0.309 e. The molecule has 82 valence electrons. The number of hydrogen-bond donors (Lipinski definition) is 0. The molecule has 0 bridgehead atoms. The molecule has 0 heterocycles. The summed E-state index contributed by atoms with van der Waals surface area (Å²) in [6, 6.07) is 10.5. The third kappa shape index (κ3) is 6.08. The van der Waals surface area contributed by atoms with Crippen molar-refractivity contribution >= 4 is 6.08 Å². The van der Waals surface area contributed by atoms with E-state index in [1.807, 2.05) is 0 Å². The zero-order chi connectivity index (χ0) is 10.9. The lowest BCUT2D eigenvalue weighted by Gasteiger charge is -2.07. The largest absolute Gasteiger partial charge is 0.309 e. The maximum Gasteiger partial charge on any atom is -0.00247 e. The fraction of sp³-hybridized carbons (Fsp3) is 0.429. The fourth-order valence-electron chi connectivity index (χ4n) is 1.47. The van der Waals surface area contributed by atoms with E-state index in [4.69, 9.17) is 0 Å². The van der Waals surface area contributed by atoms with Crippen molar-refractivity contribution in [2.75, 3.05) is 20.6 Å². The van der Waals surface area contributed by atoms with Gasteiger partial charge in [0.15, 0.2) is 0 Å². The summed E-state index contributed by atoms with van der Waals surface area (Å²) in [5.41, 5.74) is 1.30. The summed E-state index contributed by atoms with van der Waals surface area (Å²) >= 11 is 0. The molecule has 1 rings (SSSR count). The van der Waals surface area contributed by atoms with Crippen molar-refractivity contribution in [3.8, 4) is 0 Å². The van der Waals surface area contributed by atoms with Gasteiger partial charge in [-0.2, -0.15) is 0 Å². The number of benzene rings is 1. The first-order valence-corrected chi connectivity index (χ1v) is 5.65. The van der Waals surface area contributed by atoms with Gasteiger partial charge in [-0.3, -0.25) is 0 Å². The van der Waals surface area contributed by atoms with E-state index >= 15 is 0 Å². The Morgan fingerprint density at radius 2 is 1.80 bits per heavy atom. The molecule has 0 aliphatic heterocycles. The van der Waals surface area contributed by atoms with Crippen LogP contribution in [0.5, 0.6) is 0 Å². The molecule has 1 nitrogen and oxygen atoms in total. The van der Waals surface area contributed by atoms with Gasteiger partial charge in [-0.15, -0.1) is 0 Å². The van der Waals surface area contributed by atoms with Gasteiger partial charge in [-0.05, 0) is 45.5 Å². The predicted molar refractivity (Wildman–Crippen MR) is 67.9 cm³/mol. The van der Waals surface area contributed by atoms with Gasteiger partial charge in [0.05, 0.1) is 0 Å². The number of rotatable bonds is 6. The minimum absolute atomic E-state index is 1.18. The van der Waals surface area contributed by atoms with Gasteiger partial charge in [-0.25, -0.2) is 0 Å². The molecule has 0 saturated carbocycles. The quantitative estimate of drug-likeness (QED) is 0.640. The Morgan fingerprint density at radius 1 is 1.07 bits per heavy atom. The van der Waals surface area contributed by atoms with Crippen LogP contribution in [0, 0.1) is 0 Å². The highest BCUT2D eigenvalue weighted by Gasteiger charge is 1.89. The zero-order valence-electron chi connectivity index (χ0n) is 9.82. The first-order chi connectivity index (χ1) is 7.29. The van der Waals surface area contributed by atoms with Gasteiger partial charge >= 0.3 is 0 Å². The van der Waals surface area contributed by atoms with Crippen LogP contribution in [0.4, 0.5) is 0 Å². The molecule has 1 heteroatoms. The molecular formula is C14H21N. The van der Waals surface area contributed by atoms with E-state index in [9.17, 15) is 0 Å². The molecule has 0 unspecified atom stereocenters. The number of nitrogens with zero attached hydrogens (tertiary/aromatic N) is 1. The topological polar surface area (TPSA) is 3.24 Å². The molecule has 0 aliphatic carbocycles. The molecule has 15 heavy (non-hydrogen) atoms. The van der Waals surface area contributed by atoms with Crippen LogP contribution in [0.1, 0.15) is 24.8 Å². The highest BCUT2D eigenvalue weighted by Crippen LogP contribution is 2.04. The van der Waals surface area contributed by atoms with Crippen LogP contribution in [0.15, 0.2) is 36.4 Å². The van der Waals surface area contributed by atoms with Crippen molar-refractivity contribution in [2.45, 2.75) is 19.3 Å². The molecule has 0 atom stereocenters. The van der Waals surface area contributed by atoms with Gasteiger partial charge in [-0.1, -0.05) is 42.5 Å². The van der Waals surface area contributed by atoms with Crippen LogP contribution in [-0.2, 0) is 0 Å². The first-order valence-electron chi connectivity index (χ1n) is 5.65. The number of allylic oxidation sites excluding steroid dienone is 1. The smallest absolute Gasteiger partial charge is 0.00247 e. The van der Waals surface area contributed by atoms with Crippen molar-refractivity contribution < 1.29 is 0 Å². The van der Waals surface area contributed by atoms with Crippen LogP contribution >= 0.6 is 0 Å². The highest BCUT2D eigenvalue weighted by molar-refractivity contribution is 5.48. The van der Waals surface area contributed by atoms with Crippen molar-refractivity contribution in [3.63, 3.8) is 0 Å². The summed E-state index contributed by atoms with van der Waals surface area (Å²) in [6.07, 6.45) is 8.22. The van der Waals surface area contributed by atoms with Crippen LogP contribution in [0.25, 0.3) is 6.08 Å². The predicted octanol–water partition coefficient (Wildman–Crippen LogP) is 3.43. The molecule has 0 spiro atoms. The highest BCUT2D eigenvalue weighted by atomic mass is 15.0. The molecule has 0 aromatic heterocycles. The van der Waals surface area contributed by atoms with Gasteiger partial charge in [0.25, 0.3) is 0 Å². The second kappa shape index (κ2) is 7.24. The lowest BCUT2D eigenvalue weighted by molar-refractivity contribution is 0.395. The Morgan fingerprint density at radius 3 is 2.47 bits per heavy atom. The molecular weight excluding hydrogens is 182 g/mol. The summed E-state index contributed by atoms with van der Waals surface area (Å²) in [5, 5.41) is 0. The average molecular weight is 203 g/mol. The Labute approximate surface area is 93.4 Å². The second-order valence-electron chi connectivity index (χ2n) is 4.11. The number of hydrogen-bond acceptors (Lipinski definition) is 1. The monoisotopic (exact) mass is 203 g/mol. The van der Waals surface area contributed by atoms with Crippen LogP contribution in [0.2, 0.25) is 0 Å². The van der Waals surface area contributed by atoms with Gasteiger partial charge in [0.1, 0.15) is 0 Å². The Hall–Kier alpha value is -1.08. The third-order valence-electron chi connectivity index (χ3n) is 2.34. The van der Waals surface area contributed by atoms with E-state index < -0.39 is 0 Å². The summed E-state index contributed by atoms with van der Waals surface area (Å²) in [7, 11) is 4.25. The van der Waals surface area contributed by atoms with Crippen molar-refractivity contribution in [2.24, 2.45) is 0 Å². The van der Waals surface area contributed by atoms with Gasteiger partial charge < -0.3 is 4.90 Å². The summed E-state index contributed by atoms with van der Waals surface area (Å²) in [5.74, 6) is 0. The van der Waals surface area contributed by atoms with Crippen LogP contribution in [0.3, 0.4) is 0 Å².